The fourth-order valence-electron chi connectivity index (χ4n) is 1.49. The molecule has 18 heavy (non-hydrogen) atoms. The minimum atomic E-state index is -0.640. The van der Waals surface area contributed by atoms with Crippen molar-refractivity contribution in [2.24, 2.45) is 5.92 Å². The lowest BCUT2D eigenvalue weighted by Crippen LogP contribution is -2.12. The van der Waals surface area contributed by atoms with Crippen molar-refractivity contribution in [2.75, 3.05) is 32.2 Å². The highest BCUT2D eigenvalue weighted by atomic mass is 16.5. The van der Waals surface area contributed by atoms with Crippen molar-refractivity contribution in [3.05, 3.63) is 29.8 Å². The highest BCUT2D eigenvalue weighted by Gasteiger charge is 2.07. The number of nitrogens with two attached hydrogens (primary N) is 1. The smallest absolute Gasteiger partial charge is 0.102 e. The van der Waals surface area contributed by atoms with E-state index in [1.807, 2.05) is 12.1 Å². The zero-order valence-electron chi connectivity index (χ0n) is 11.1. The number of aliphatic hydroxyl groups excluding tert-OH is 1. The summed E-state index contributed by atoms with van der Waals surface area (Å²) in [6.45, 7) is 6.25. The second-order valence-corrected chi connectivity index (χ2v) is 4.73. The van der Waals surface area contributed by atoms with Crippen LogP contribution < -0.4 is 5.73 Å². The molecule has 0 saturated carbocycles. The number of anilines is 1. The fourth-order valence-corrected chi connectivity index (χ4v) is 1.49. The van der Waals surface area contributed by atoms with Gasteiger partial charge in [-0.2, -0.15) is 0 Å². The molecule has 0 aliphatic carbocycles. The molecule has 0 heterocycles. The minimum absolute atomic E-state index is 0.258. The van der Waals surface area contributed by atoms with E-state index in [-0.39, 0.29) is 6.61 Å². The molecule has 4 nitrogen and oxygen atoms in total. The number of aliphatic hydroxyl groups is 1. The Morgan fingerprint density at radius 3 is 2.44 bits per heavy atom. The summed E-state index contributed by atoms with van der Waals surface area (Å²) in [4.78, 5) is 0. The Hall–Kier alpha value is -1.10. The van der Waals surface area contributed by atoms with Crippen LogP contribution in [0.2, 0.25) is 0 Å². The SMILES string of the molecule is CC(C)COCCOCC(O)c1cccc(N)c1. The Morgan fingerprint density at radius 2 is 1.83 bits per heavy atom. The summed E-state index contributed by atoms with van der Waals surface area (Å²) < 4.78 is 10.7. The first-order valence-corrected chi connectivity index (χ1v) is 6.28. The van der Waals surface area contributed by atoms with Crippen molar-refractivity contribution in [2.45, 2.75) is 20.0 Å². The van der Waals surface area contributed by atoms with E-state index in [0.29, 0.717) is 24.8 Å². The molecule has 0 amide bonds. The molecular formula is C14H23NO3. The average Bonchev–Trinajstić information content (AvgIpc) is 2.33. The second kappa shape index (κ2) is 8.08. The van der Waals surface area contributed by atoms with Crippen LogP contribution in [0, 0.1) is 5.92 Å². The molecule has 4 heteroatoms. The highest BCUT2D eigenvalue weighted by Crippen LogP contribution is 2.15. The Bertz CT molecular complexity index is 342. The minimum Gasteiger partial charge on any atom is -0.399 e. The van der Waals surface area contributed by atoms with Crippen LogP contribution in [0.25, 0.3) is 0 Å². The lowest BCUT2D eigenvalue weighted by molar-refractivity contribution is -0.00120. The fraction of sp³-hybridized carbons (Fsp3) is 0.571. The van der Waals surface area contributed by atoms with E-state index >= 15 is 0 Å². The number of ether oxygens (including phenoxy) is 2. The molecule has 0 saturated heterocycles. The molecule has 0 aliphatic heterocycles. The van der Waals surface area contributed by atoms with Gasteiger partial charge in [0.05, 0.1) is 19.8 Å². The van der Waals surface area contributed by atoms with Gasteiger partial charge in [-0.15, -0.1) is 0 Å². The van der Waals surface area contributed by atoms with Gasteiger partial charge in [-0.1, -0.05) is 26.0 Å². The molecule has 0 bridgehead atoms. The van der Waals surface area contributed by atoms with Gasteiger partial charge in [-0.05, 0) is 23.6 Å². The molecule has 0 radical (unpaired) electrons. The van der Waals surface area contributed by atoms with E-state index in [1.165, 1.54) is 0 Å². The van der Waals surface area contributed by atoms with E-state index in [0.717, 1.165) is 12.2 Å². The predicted molar refractivity (Wildman–Crippen MR) is 72.3 cm³/mol. The zero-order chi connectivity index (χ0) is 13.4. The summed E-state index contributed by atoms with van der Waals surface area (Å²) in [5, 5.41) is 9.87. The quantitative estimate of drug-likeness (QED) is 0.549. The number of benzene rings is 1. The summed E-state index contributed by atoms with van der Waals surface area (Å²) in [5.74, 6) is 0.530. The third-order valence-corrected chi connectivity index (χ3v) is 2.39. The van der Waals surface area contributed by atoms with Gasteiger partial charge in [0.15, 0.2) is 0 Å². The average molecular weight is 253 g/mol. The van der Waals surface area contributed by atoms with Gasteiger partial charge >= 0.3 is 0 Å². The van der Waals surface area contributed by atoms with Gasteiger partial charge in [0.25, 0.3) is 0 Å². The summed E-state index contributed by atoms with van der Waals surface area (Å²) >= 11 is 0. The third kappa shape index (κ3) is 6.00. The first-order valence-electron chi connectivity index (χ1n) is 6.28. The Morgan fingerprint density at radius 1 is 1.17 bits per heavy atom. The highest BCUT2D eigenvalue weighted by molar-refractivity contribution is 5.41. The van der Waals surface area contributed by atoms with Gasteiger partial charge in [0.2, 0.25) is 0 Å². The van der Waals surface area contributed by atoms with E-state index in [2.05, 4.69) is 13.8 Å². The number of hydrogen-bond acceptors (Lipinski definition) is 4. The lowest BCUT2D eigenvalue weighted by atomic mass is 10.1. The first kappa shape index (κ1) is 15.0. The topological polar surface area (TPSA) is 64.7 Å². The van der Waals surface area contributed by atoms with Crippen molar-refractivity contribution in [3.63, 3.8) is 0 Å². The van der Waals surface area contributed by atoms with E-state index in [4.69, 9.17) is 15.2 Å². The molecule has 1 aromatic rings. The molecule has 102 valence electrons. The van der Waals surface area contributed by atoms with Crippen LogP contribution in [0.1, 0.15) is 25.5 Å². The van der Waals surface area contributed by atoms with Crippen LogP contribution in [-0.2, 0) is 9.47 Å². The van der Waals surface area contributed by atoms with E-state index in [9.17, 15) is 5.11 Å². The predicted octanol–water partition coefficient (Wildman–Crippen LogP) is 1.99. The molecule has 0 aromatic heterocycles. The molecule has 0 spiro atoms. The largest absolute Gasteiger partial charge is 0.399 e. The zero-order valence-corrected chi connectivity index (χ0v) is 11.1. The molecule has 0 aliphatic rings. The third-order valence-electron chi connectivity index (χ3n) is 2.39. The number of rotatable bonds is 8. The van der Waals surface area contributed by atoms with E-state index < -0.39 is 6.10 Å². The van der Waals surface area contributed by atoms with Crippen LogP contribution in [0.15, 0.2) is 24.3 Å². The molecule has 1 atom stereocenters. The molecule has 1 aromatic carbocycles. The maximum absolute atomic E-state index is 9.87. The number of hydrogen-bond donors (Lipinski definition) is 2. The van der Waals surface area contributed by atoms with Gasteiger partial charge in [-0.3, -0.25) is 0 Å². The van der Waals surface area contributed by atoms with E-state index in [1.54, 1.807) is 12.1 Å². The monoisotopic (exact) mass is 253 g/mol. The molecule has 3 N–H and O–H groups in total. The molecule has 0 fully saturated rings. The van der Waals surface area contributed by atoms with Crippen LogP contribution in [0.3, 0.4) is 0 Å². The van der Waals surface area contributed by atoms with Gasteiger partial charge < -0.3 is 20.3 Å². The maximum atomic E-state index is 9.87. The maximum Gasteiger partial charge on any atom is 0.102 e. The normalized spacial score (nSPS) is 12.9. The van der Waals surface area contributed by atoms with Crippen molar-refractivity contribution in [3.8, 4) is 0 Å². The van der Waals surface area contributed by atoms with Crippen molar-refractivity contribution < 1.29 is 14.6 Å². The second-order valence-electron chi connectivity index (χ2n) is 4.73. The van der Waals surface area contributed by atoms with Crippen LogP contribution in [-0.4, -0.2) is 31.5 Å². The molecular weight excluding hydrogens is 230 g/mol. The lowest BCUT2D eigenvalue weighted by Gasteiger charge is -2.12. The van der Waals surface area contributed by atoms with Crippen molar-refractivity contribution in [1.82, 2.24) is 0 Å². The Kier molecular flexibility index (Phi) is 6.72. The molecule has 1 rings (SSSR count). The van der Waals surface area contributed by atoms with Gasteiger partial charge in [0, 0.05) is 12.3 Å². The van der Waals surface area contributed by atoms with Crippen LogP contribution >= 0.6 is 0 Å². The van der Waals surface area contributed by atoms with Crippen molar-refractivity contribution in [1.29, 1.82) is 0 Å². The first-order chi connectivity index (χ1) is 8.59. The van der Waals surface area contributed by atoms with Crippen LogP contribution in [0.5, 0.6) is 0 Å². The summed E-state index contributed by atoms with van der Waals surface area (Å²) in [7, 11) is 0. The Labute approximate surface area is 109 Å². The van der Waals surface area contributed by atoms with Gasteiger partial charge in [0.1, 0.15) is 6.10 Å². The van der Waals surface area contributed by atoms with Crippen molar-refractivity contribution >= 4 is 5.69 Å². The van der Waals surface area contributed by atoms with Crippen LogP contribution in [0.4, 0.5) is 5.69 Å². The van der Waals surface area contributed by atoms with Gasteiger partial charge in [-0.25, -0.2) is 0 Å². The number of nitrogen functional groups attached to an aromatic ring is 1. The summed E-state index contributed by atoms with van der Waals surface area (Å²) in [6, 6.07) is 7.19. The standard InChI is InChI=1S/C14H23NO3/c1-11(2)9-17-6-7-18-10-14(16)12-4-3-5-13(15)8-12/h3-5,8,11,14,16H,6-7,9-10,15H2,1-2H3. The summed E-state index contributed by atoms with van der Waals surface area (Å²) in [6.07, 6.45) is -0.640. The Balaban J connectivity index is 2.15. The molecule has 1 unspecified atom stereocenters. The summed E-state index contributed by atoms with van der Waals surface area (Å²) in [5.41, 5.74) is 7.07.